The van der Waals surface area contributed by atoms with E-state index >= 15 is 0 Å². The molecule has 0 spiro atoms. The number of alkyl halides is 3. The molecule has 44 heavy (non-hydrogen) atoms. The van der Waals surface area contributed by atoms with E-state index < -0.39 is 32.0 Å². The molecule has 19 heteroatoms. The SMILES string of the molecule is C[S+](C)c1cccc2ccccc12.FC(F)(F)[S+](c1ccccc1)c1ccccc1.F[P-](F)(F)(F)(F)F.F[P-](F)(F)(F)(F)F. The van der Waals surface area contributed by atoms with Crippen LogP contribution in [0.4, 0.5) is 63.5 Å². The summed E-state index contributed by atoms with van der Waals surface area (Å²) >= 11 is 0. The van der Waals surface area contributed by atoms with Crippen molar-refractivity contribution in [3.8, 4) is 0 Å². The molecule has 0 aromatic heterocycles. The number of halogens is 15. The first kappa shape index (κ1) is 39.7. The number of rotatable bonds is 3. The average molecular weight is 735 g/mol. The molecule has 0 heterocycles. The zero-order chi connectivity index (χ0) is 34.4. The van der Waals surface area contributed by atoms with Crippen molar-refractivity contribution < 1.29 is 63.5 Å². The molecule has 4 aromatic carbocycles. The van der Waals surface area contributed by atoms with E-state index in [-0.39, 0.29) is 0 Å². The Morgan fingerprint density at radius 3 is 1.11 bits per heavy atom. The zero-order valence-corrected chi connectivity index (χ0v) is 25.6. The average Bonchev–Trinajstić information content (AvgIpc) is 2.81. The predicted octanol–water partition coefficient (Wildman–Crippen LogP) is 14.1. The third-order valence-corrected chi connectivity index (χ3v) is 7.56. The van der Waals surface area contributed by atoms with Gasteiger partial charge in [-0.2, -0.15) is 0 Å². The molecular formula is C25H23F15P2S2. The molecule has 0 bridgehead atoms. The van der Waals surface area contributed by atoms with E-state index in [0.717, 1.165) is 0 Å². The molecule has 0 nitrogen and oxygen atoms in total. The van der Waals surface area contributed by atoms with Crippen LogP contribution in [0, 0.1) is 0 Å². The molecule has 0 aliphatic carbocycles. The standard InChI is InChI=1S/C13H10F3S.C12H13S.2F6P/c14-13(15,16)17(11-7-3-1-4-8-11)12-9-5-2-6-10-12;1-13(2)12-9-5-7-10-6-3-4-8-11(10)12;2*1-7(2,3,4,5)6/h1-10H;3-9H,1-2H3;;/q2*+1;2*-1. The summed E-state index contributed by atoms with van der Waals surface area (Å²) in [5.41, 5.74) is -4.25. The van der Waals surface area contributed by atoms with Crippen molar-refractivity contribution in [2.24, 2.45) is 0 Å². The molecule has 0 aliphatic rings. The van der Waals surface area contributed by atoms with Crippen molar-refractivity contribution in [3.63, 3.8) is 0 Å². The van der Waals surface area contributed by atoms with Gasteiger partial charge in [-0.15, -0.1) is 13.2 Å². The molecule has 4 rings (SSSR count). The van der Waals surface area contributed by atoms with Crippen LogP contribution in [0.25, 0.3) is 10.8 Å². The van der Waals surface area contributed by atoms with E-state index in [1.54, 1.807) is 36.4 Å². The van der Waals surface area contributed by atoms with Crippen molar-refractivity contribution in [2.45, 2.75) is 20.2 Å². The minimum atomic E-state index is -10.7. The van der Waals surface area contributed by atoms with Crippen LogP contribution in [0.2, 0.25) is 0 Å². The van der Waals surface area contributed by atoms with Crippen LogP contribution >= 0.6 is 15.6 Å². The van der Waals surface area contributed by atoms with Gasteiger partial charge in [0, 0.05) is 16.3 Å². The summed E-state index contributed by atoms with van der Waals surface area (Å²) in [5.74, 6) is 0. The Hall–Kier alpha value is -2.35. The van der Waals surface area contributed by atoms with E-state index in [0.29, 0.717) is 20.7 Å². The van der Waals surface area contributed by atoms with Crippen LogP contribution in [-0.4, -0.2) is 18.0 Å². The summed E-state index contributed by atoms with van der Waals surface area (Å²) in [6.45, 7) is 0. The molecule has 0 fully saturated rings. The first-order valence-electron chi connectivity index (χ1n) is 11.4. The van der Waals surface area contributed by atoms with Crippen molar-refractivity contribution >= 4 is 48.2 Å². The van der Waals surface area contributed by atoms with Gasteiger partial charge in [0.05, 0.1) is 0 Å². The minimum absolute atomic E-state index is 0.297. The van der Waals surface area contributed by atoms with Gasteiger partial charge < -0.3 is 0 Å². The van der Waals surface area contributed by atoms with Gasteiger partial charge in [0.15, 0.2) is 25.6 Å². The molecule has 0 unspecified atom stereocenters. The summed E-state index contributed by atoms with van der Waals surface area (Å²) < 4.78 is 158. The van der Waals surface area contributed by atoms with Gasteiger partial charge in [0.1, 0.15) is 12.5 Å². The second-order valence-corrected chi connectivity index (χ2v) is 16.5. The summed E-state index contributed by atoms with van der Waals surface area (Å²) in [7, 11) is -22.8. The van der Waals surface area contributed by atoms with Crippen LogP contribution in [0.5, 0.6) is 0 Å². The van der Waals surface area contributed by atoms with Gasteiger partial charge in [0.25, 0.3) is 0 Å². The fourth-order valence-electron chi connectivity index (χ4n) is 3.07. The van der Waals surface area contributed by atoms with Crippen LogP contribution in [-0.2, 0) is 21.8 Å². The Morgan fingerprint density at radius 2 is 0.773 bits per heavy atom. The van der Waals surface area contributed by atoms with Crippen LogP contribution in [0.15, 0.2) is 118 Å². The van der Waals surface area contributed by atoms with E-state index in [9.17, 15) is 63.5 Å². The first-order chi connectivity index (χ1) is 19.3. The molecule has 250 valence electrons. The molecule has 0 amide bonds. The Balaban J connectivity index is 0.000000317. The summed E-state index contributed by atoms with van der Waals surface area (Å²) in [6, 6.07) is 31.1. The normalized spacial score (nSPS) is 15.2. The molecule has 0 saturated heterocycles. The third kappa shape index (κ3) is 21.4. The Labute approximate surface area is 247 Å². The monoisotopic (exact) mass is 734 g/mol. The zero-order valence-electron chi connectivity index (χ0n) is 22.2. The van der Waals surface area contributed by atoms with E-state index in [2.05, 4.69) is 55.0 Å². The number of hydrogen-bond acceptors (Lipinski definition) is 0. The van der Waals surface area contributed by atoms with Gasteiger partial charge in [-0.05, 0) is 41.8 Å². The fraction of sp³-hybridized carbons (Fsp3) is 0.120. The van der Waals surface area contributed by atoms with E-state index in [4.69, 9.17) is 0 Å². The van der Waals surface area contributed by atoms with Crippen molar-refractivity contribution in [2.75, 3.05) is 12.5 Å². The maximum atomic E-state index is 13.1. The molecule has 0 aliphatic heterocycles. The Bertz CT molecular complexity index is 1390. The second-order valence-electron chi connectivity index (χ2n) is 8.59. The summed E-state index contributed by atoms with van der Waals surface area (Å²) in [5, 5.41) is 2.75. The van der Waals surface area contributed by atoms with Gasteiger partial charge in [-0.25, -0.2) is 0 Å². The van der Waals surface area contributed by atoms with Crippen molar-refractivity contribution in [1.82, 2.24) is 0 Å². The molecule has 0 atom stereocenters. The number of hydrogen-bond donors (Lipinski definition) is 0. The fourth-order valence-corrected chi connectivity index (χ4v) is 5.71. The van der Waals surface area contributed by atoms with Crippen molar-refractivity contribution in [3.05, 3.63) is 103 Å². The van der Waals surface area contributed by atoms with Gasteiger partial charge >= 0.3 is 71.5 Å². The quantitative estimate of drug-likeness (QED) is 0.112. The second kappa shape index (κ2) is 12.4. The van der Waals surface area contributed by atoms with Gasteiger partial charge in [-0.3, -0.25) is 0 Å². The van der Waals surface area contributed by atoms with Gasteiger partial charge in [0.2, 0.25) is 0 Å². The summed E-state index contributed by atoms with van der Waals surface area (Å²) in [6.07, 6.45) is 4.53. The van der Waals surface area contributed by atoms with Crippen LogP contribution < -0.4 is 0 Å². The third-order valence-electron chi connectivity index (χ3n) is 4.38. The van der Waals surface area contributed by atoms with E-state index in [1.165, 1.54) is 39.9 Å². The molecule has 0 saturated carbocycles. The van der Waals surface area contributed by atoms with Gasteiger partial charge in [-0.1, -0.05) is 66.7 Å². The topological polar surface area (TPSA) is 0 Å². The first-order valence-corrected chi connectivity index (χ1v) is 18.7. The number of fused-ring (bicyclic) bond motifs is 1. The van der Waals surface area contributed by atoms with Crippen molar-refractivity contribution in [1.29, 1.82) is 0 Å². The molecule has 0 N–H and O–H groups in total. The molecule has 4 aromatic rings. The Kier molecular flexibility index (Phi) is 11.2. The molecular weight excluding hydrogens is 711 g/mol. The van der Waals surface area contributed by atoms with Crippen LogP contribution in [0.3, 0.4) is 0 Å². The van der Waals surface area contributed by atoms with E-state index in [1.807, 2.05) is 0 Å². The predicted molar refractivity (Wildman–Crippen MR) is 151 cm³/mol. The summed E-state index contributed by atoms with van der Waals surface area (Å²) in [4.78, 5) is 2.07. The number of benzene rings is 4. The van der Waals surface area contributed by atoms with Crippen LogP contribution in [0.1, 0.15) is 0 Å². The maximum absolute atomic E-state index is 13.1. The Morgan fingerprint density at radius 1 is 0.455 bits per heavy atom. The molecule has 0 radical (unpaired) electrons.